The number of hydrogen-bond donors (Lipinski definition) is 6. The standard InChI is InChI=1S/C24H26N6O2.C23H25N7O2.C19H22N6O2/c1-2-14-29-22-20(23(31)30(24(29)32)18-9-10-18)27-21(28-22)17-8-11-19(26-15-17)25-13-12-16-6-4-3-5-7-16;1-2-13-29-21-19(22(31)30(23(29)32)17-7-8-17)27-20(28-21)15-6-9-18(26-14-15)25-12-10-16-5-3-4-11-24-16;1-3-9-20-14-8-5-12(11-21-14)16-22-15-17(23-16)24(10-4-2)19(27)25(18(15)26)13-6-7-13/h3-8,11,15,18H,2,9-10,12-14H2,1H3,(H,25,26)(H,27,28);3-6,9,11,14,17H,2,7-8,10,12-13H2,1H3,(H,25,26)(H,27,28);3,5,8,11,13H,1,4,6-7,9-10H2,2H3,(H,20,21)(H,22,23). The quantitative estimate of drug-likeness (QED) is 0.0328. The zero-order chi connectivity index (χ0) is 63.1. The molecule has 0 spiro atoms. The zero-order valence-electron chi connectivity index (χ0n) is 51.2. The first-order valence-corrected chi connectivity index (χ1v) is 31.4. The molecule has 0 aliphatic heterocycles. The van der Waals surface area contributed by atoms with Gasteiger partial charge in [0.05, 0.1) is 0 Å². The van der Waals surface area contributed by atoms with Gasteiger partial charge < -0.3 is 30.9 Å². The molecule has 3 aliphatic carbocycles. The molecule has 0 radical (unpaired) electrons. The van der Waals surface area contributed by atoms with Crippen molar-refractivity contribution < 1.29 is 0 Å². The number of aromatic amines is 3. The molecule has 25 nitrogen and oxygen atoms in total. The highest BCUT2D eigenvalue weighted by molar-refractivity contribution is 5.78. The van der Waals surface area contributed by atoms with Gasteiger partial charge in [-0.25, -0.2) is 44.3 Å². The summed E-state index contributed by atoms with van der Waals surface area (Å²) < 4.78 is 8.96. The molecule has 10 aromatic heterocycles. The number of nitrogens with zero attached hydrogens (tertiary/aromatic N) is 13. The van der Waals surface area contributed by atoms with Crippen molar-refractivity contribution in [3.63, 3.8) is 0 Å². The summed E-state index contributed by atoms with van der Waals surface area (Å²) in [6.07, 6.45) is 17.9. The number of fused-ring (bicyclic) bond motifs is 3. The summed E-state index contributed by atoms with van der Waals surface area (Å²) in [4.78, 5) is 118. The molecule has 0 bridgehead atoms. The third-order valence-electron chi connectivity index (χ3n) is 16.0. The molecule has 0 saturated heterocycles. The van der Waals surface area contributed by atoms with Crippen molar-refractivity contribution in [1.82, 2.24) is 77.2 Å². The smallest absolute Gasteiger partial charge is 0.333 e. The van der Waals surface area contributed by atoms with Crippen molar-refractivity contribution in [2.45, 2.75) is 129 Å². The molecule has 6 N–H and O–H groups in total. The van der Waals surface area contributed by atoms with E-state index in [0.717, 1.165) is 124 Å². The molecular formula is C66H73N19O6. The molecule has 3 saturated carbocycles. The number of nitrogens with one attached hydrogen (secondary N) is 6. The maximum atomic E-state index is 13.0. The lowest BCUT2D eigenvalue weighted by Gasteiger charge is -2.09. The predicted molar refractivity (Wildman–Crippen MR) is 353 cm³/mol. The highest BCUT2D eigenvalue weighted by Gasteiger charge is 2.32. The molecule has 11 aromatic rings. The van der Waals surface area contributed by atoms with E-state index >= 15 is 0 Å². The van der Waals surface area contributed by atoms with Crippen LogP contribution in [0.25, 0.3) is 67.7 Å². The minimum Gasteiger partial charge on any atom is -0.370 e. The van der Waals surface area contributed by atoms with Gasteiger partial charge in [0.1, 0.15) is 51.5 Å². The van der Waals surface area contributed by atoms with Crippen molar-refractivity contribution in [2.24, 2.45) is 0 Å². The lowest BCUT2D eigenvalue weighted by molar-refractivity contribution is 0.571. The number of rotatable bonds is 23. The predicted octanol–water partition coefficient (Wildman–Crippen LogP) is 8.38. The number of H-pyrrole nitrogens is 3. The topological polar surface area (TPSA) is 306 Å². The van der Waals surface area contributed by atoms with E-state index in [1.165, 1.54) is 19.3 Å². The van der Waals surface area contributed by atoms with Gasteiger partial charge in [-0.1, -0.05) is 63.2 Å². The monoisotopic (exact) mass is 1230 g/mol. The van der Waals surface area contributed by atoms with E-state index < -0.39 is 0 Å². The summed E-state index contributed by atoms with van der Waals surface area (Å²) in [6.45, 7) is 13.4. The van der Waals surface area contributed by atoms with Crippen molar-refractivity contribution in [2.75, 3.05) is 35.6 Å². The summed E-state index contributed by atoms with van der Waals surface area (Å²) in [6, 6.07) is 27.5. The fourth-order valence-electron chi connectivity index (χ4n) is 11.0. The number of aromatic nitrogens is 16. The second-order valence-electron chi connectivity index (χ2n) is 23.0. The molecular weight excluding hydrogens is 1150 g/mol. The van der Waals surface area contributed by atoms with Gasteiger partial charge in [0.2, 0.25) is 0 Å². The summed E-state index contributed by atoms with van der Waals surface area (Å²) in [5.74, 6) is 3.86. The van der Waals surface area contributed by atoms with Crippen LogP contribution in [0, 0.1) is 0 Å². The van der Waals surface area contributed by atoms with Crippen LogP contribution >= 0.6 is 0 Å². The molecule has 10 heterocycles. The van der Waals surface area contributed by atoms with Crippen LogP contribution in [0.3, 0.4) is 0 Å². The first-order valence-electron chi connectivity index (χ1n) is 31.4. The average Bonchev–Trinajstić information content (AvgIpc) is 1.65. The van der Waals surface area contributed by atoms with E-state index in [1.54, 1.807) is 44.6 Å². The molecule has 0 unspecified atom stereocenters. The molecule has 25 heteroatoms. The summed E-state index contributed by atoms with van der Waals surface area (Å²) in [5.41, 5.74) is 5.26. The average molecular weight is 1230 g/mol. The van der Waals surface area contributed by atoms with Gasteiger partial charge in [-0.15, -0.1) is 6.58 Å². The van der Waals surface area contributed by atoms with Crippen molar-refractivity contribution in [3.05, 3.63) is 196 Å². The molecule has 468 valence electrons. The third-order valence-corrected chi connectivity index (χ3v) is 16.0. The van der Waals surface area contributed by atoms with Crippen molar-refractivity contribution in [1.29, 1.82) is 0 Å². The van der Waals surface area contributed by atoms with Gasteiger partial charge in [0, 0.05) is 111 Å². The normalized spacial score (nSPS) is 13.6. The van der Waals surface area contributed by atoms with Crippen LogP contribution in [0.1, 0.15) is 108 Å². The number of benzene rings is 1. The van der Waals surface area contributed by atoms with Crippen LogP contribution in [0.15, 0.2) is 151 Å². The number of hydrogen-bond acceptors (Lipinski definition) is 16. The summed E-state index contributed by atoms with van der Waals surface area (Å²) >= 11 is 0. The lowest BCUT2D eigenvalue weighted by atomic mass is 10.1. The Morgan fingerprint density at radius 3 is 1.20 bits per heavy atom. The third kappa shape index (κ3) is 13.3. The van der Waals surface area contributed by atoms with E-state index in [0.29, 0.717) is 77.1 Å². The van der Waals surface area contributed by atoms with Gasteiger partial charge in [-0.05, 0) is 118 Å². The first-order chi connectivity index (χ1) is 44.4. The van der Waals surface area contributed by atoms with Crippen LogP contribution in [-0.2, 0) is 32.5 Å². The fraction of sp³-hybridized carbons (Fsp3) is 0.348. The largest absolute Gasteiger partial charge is 0.370 e. The SMILES string of the molecule is C=CCNc1ccc(-c2nc3c([nH]2)c(=O)n(C2CC2)c(=O)n3CCC)cn1.CCCn1c(=O)n(C2CC2)c(=O)c2[nH]c(-c3ccc(NCCc4ccccc4)nc3)nc21.CCCn1c(=O)n(C2CC2)c(=O)c2[nH]c(-c3ccc(NCCc4ccccn4)nc3)nc21. The van der Waals surface area contributed by atoms with E-state index in [1.807, 2.05) is 93.6 Å². The Labute approximate surface area is 521 Å². The molecule has 0 amide bonds. The summed E-state index contributed by atoms with van der Waals surface area (Å²) in [7, 11) is 0. The van der Waals surface area contributed by atoms with Crippen LogP contribution in [0.5, 0.6) is 0 Å². The molecule has 14 rings (SSSR count). The van der Waals surface area contributed by atoms with Crippen LogP contribution in [0.2, 0.25) is 0 Å². The van der Waals surface area contributed by atoms with Crippen LogP contribution in [0.4, 0.5) is 17.5 Å². The van der Waals surface area contributed by atoms with Crippen molar-refractivity contribution in [3.8, 4) is 34.2 Å². The molecule has 91 heavy (non-hydrogen) atoms. The first kappa shape index (κ1) is 60.7. The Balaban J connectivity index is 0.000000133. The Morgan fingerprint density at radius 2 is 0.857 bits per heavy atom. The van der Waals surface area contributed by atoms with Gasteiger partial charge in [0.15, 0.2) is 16.9 Å². The maximum absolute atomic E-state index is 13.0. The molecule has 3 fully saturated rings. The minimum absolute atomic E-state index is 0.00682. The van der Waals surface area contributed by atoms with Gasteiger partial charge in [0.25, 0.3) is 16.7 Å². The molecule has 0 atom stereocenters. The maximum Gasteiger partial charge on any atom is 0.333 e. The van der Waals surface area contributed by atoms with E-state index in [4.69, 9.17) is 0 Å². The zero-order valence-corrected chi connectivity index (χ0v) is 51.2. The minimum atomic E-state index is -0.292. The Bertz CT molecular complexity index is 4540. The van der Waals surface area contributed by atoms with Crippen molar-refractivity contribution >= 4 is 50.9 Å². The van der Waals surface area contributed by atoms with E-state index in [2.05, 4.69) is 84.5 Å². The van der Waals surface area contributed by atoms with E-state index in [-0.39, 0.29) is 51.9 Å². The Kier molecular flexibility index (Phi) is 18.0. The van der Waals surface area contributed by atoms with Gasteiger partial charge in [-0.2, -0.15) is 0 Å². The summed E-state index contributed by atoms with van der Waals surface area (Å²) in [5, 5.41) is 9.72. The Hall–Kier alpha value is -10.6. The Morgan fingerprint density at radius 1 is 0.473 bits per heavy atom. The highest BCUT2D eigenvalue weighted by atomic mass is 16.2. The number of anilines is 3. The van der Waals surface area contributed by atoms with Gasteiger partial charge >= 0.3 is 17.1 Å². The number of pyridine rings is 4. The molecule has 1 aromatic carbocycles. The van der Waals surface area contributed by atoms with Crippen LogP contribution in [-0.4, -0.2) is 96.9 Å². The lowest BCUT2D eigenvalue weighted by Crippen LogP contribution is -2.39. The van der Waals surface area contributed by atoms with Crippen LogP contribution < -0.4 is 49.7 Å². The van der Waals surface area contributed by atoms with E-state index in [9.17, 15) is 28.8 Å². The second kappa shape index (κ2) is 27.0. The second-order valence-corrected chi connectivity index (χ2v) is 23.0. The van der Waals surface area contributed by atoms with Gasteiger partial charge in [-0.3, -0.25) is 46.8 Å². The number of imidazole rings is 3. The highest BCUT2D eigenvalue weighted by Crippen LogP contribution is 2.35. The fourth-order valence-corrected chi connectivity index (χ4v) is 11.0. The molecule has 3 aliphatic rings. The number of aryl methyl sites for hydroxylation is 3.